The maximum Gasteiger partial charge on any atom is 0.234 e. The number of β-amino-alcohol motifs (C(OH)–C–C–N with tert-alkyl or cyclic N) is 1. The minimum atomic E-state index is -0.587. The minimum Gasteiger partial charge on any atom is -0.387 e. The Morgan fingerprint density at radius 1 is 1.29 bits per heavy atom. The van der Waals surface area contributed by atoms with E-state index in [0.717, 1.165) is 11.8 Å². The van der Waals surface area contributed by atoms with E-state index in [-0.39, 0.29) is 11.8 Å². The number of nitrogens with zero attached hydrogens (tertiary/aromatic N) is 1. The zero-order chi connectivity index (χ0) is 15.2. The Balaban J connectivity index is 1.41. The second-order valence-corrected chi connectivity index (χ2v) is 8.10. The van der Waals surface area contributed by atoms with Crippen LogP contribution in [-0.4, -0.2) is 47.2 Å². The van der Waals surface area contributed by atoms with Crippen LogP contribution in [0.2, 0.25) is 0 Å². The average molecular weight is 294 g/mol. The van der Waals surface area contributed by atoms with Gasteiger partial charge in [-0.3, -0.25) is 9.69 Å². The van der Waals surface area contributed by atoms with Gasteiger partial charge < -0.3 is 10.4 Å². The molecular weight excluding hydrogens is 264 g/mol. The van der Waals surface area contributed by atoms with Gasteiger partial charge in [-0.05, 0) is 49.9 Å². The van der Waals surface area contributed by atoms with Crippen LogP contribution in [0, 0.1) is 23.7 Å². The van der Waals surface area contributed by atoms with Crippen LogP contribution in [0.4, 0.5) is 0 Å². The molecule has 2 aliphatic carbocycles. The fraction of sp³-hybridized carbons (Fsp3) is 0.941. The molecular formula is C17H30N2O2. The van der Waals surface area contributed by atoms with Crippen LogP contribution in [0.25, 0.3) is 0 Å². The molecule has 1 heterocycles. The zero-order valence-corrected chi connectivity index (χ0v) is 13.6. The van der Waals surface area contributed by atoms with Crippen LogP contribution >= 0.6 is 0 Å². The fourth-order valence-electron chi connectivity index (χ4n) is 4.72. The lowest BCUT2D eigenvalue weighted by Crippen LogP contribution is -2.66. The number of aliphatic hydroxyl groups is 1. The lowest BCUT2D eigenvalue weighted by atomic mass is 9.83. The van der Waals surface area contributed by atoms with Gasteiger partial charge in [-0.25, -0.2) is 0 Å². The standard InChI is InChI=1S/C17H30N2O2/c1-11(2)17(21)9-19(10-17)8-16(20)18-12(3)15-7-13-4-5-14(15)6-13/h11-15,21H,4-10H2,1-3H3,(H,18,20). The van der Waals surface area contributed by atoms with Crippen LogP contribution in [0.5, 0.6) is 0 Å². The molecule has 21 heavy (non-hydrogen) atoms. The number of hydrogen-bond acceptors (Lipinski definition) is 3. The number of carbonyl (C=O) groups is 1. The molecule has 3 rings (SSSR count). The highest BCUT2D eigenvalue weighted by atomic mass is 16.3. The van der Waals surface area contributed by atoms with E-state index >= 15 is 0 Å². The van der Waals surface area contributed by atoms with E-state index in [2.05, 4.69) is 12.2 Å². The lowest BCUT2D eigenvalue weighted by molar-refractivity contribution is -0.143. The van der Waals surface area contributed by atoms with Gasteiger partial charge in [0.15, 0.2) is 0 Å². The van der Waals surface area contributed by atoms with Crippen LogP contribution in [0.3, 0.4) is 0 Å². The Labute approximate surface area is 128 Å². The van der Waals surface area contributed by atoms with Crippen molar-refractivity contribution in [3.63, 3.8) is 0 Å². The number of likely N-dealkylation sites (tertiary alicyclic amines) is 1. The summed E-state index contributed by atoms with van der Waals surface area (Å²) in [5.74, 6) is 2.84. The summed E-state index contributed by atoms with van der Waals surface area (Å²) in [5, 5.41) is 13.4. The van der Waals surface area contributed by atoms with E-state index in [1.807, 2.05) is 18.7 Å². The average Bonchev–Trinajstić information content (AvgIpc) is 2.98. The number of fused-ring (bicyclic) bond motifs is 2. The highest BCUT2D eigenvalue weighted by Gasteiger charge is 2.45. The highest BCUT2D eigenvalue weighted by Crippen LogP contribution is 2.49. The summed E-state index contributed by atoms with van der Waals surface area (Å²) in [5.41, 5.74) is -0.587. The first-order chi connectivity index (χ1) is 9.87. The second-order valence-electron chi connectivity index (χ2n) is 8.10. The van der Waals surface area contributed by atoms with Crippen LogP contribution in [0.1, 0.15) is 46.5 Å². The summed E-state index contributed by atoms with van der Waals surface area (Å²) in [6, 6.07) is 0.304. The van der Waals surface area contributed by atoms with E-state index in [9.17, 15) is 9.90 Å². The largest absolute Gasteiger partial charge is 0.387 e. The topological polar surface area (TPSA) is 52.6 Å². The van der Waals surface area contributed by atoms with Gasteiger partial charge in [-0.1, -0.05) is 20.3 Å². The van der Waals surface area contributed by atoms with Crippen molar-refractivity contribution in [2.75, 3.05) is 19.6 Å². The van der Waals surface area contributed by atoms with Crippen LogP contribution in [0.15, 0.2) is 0 Å². The first-order valence-corrected chi connectivity index (χ1v) is 8.61. The predicted molar refractivity (Wildman–Crippen MR) is 82.8 cm³/mol. The summed E-state index contributed by atoms with van der Waals surface area (Å²) in [7, 11) is 0. The molecule has 2 bridgehead atoms. The van der Waals surface area contributed by atoms with Crippen molar-refractivity contribution < 1.29 is 9.90 Å². The third-order valence-electron chi connectivity index (χ3n) is 6.26. The maximum absolute atomic E-state index is 12.2. The number of nitrogens with one attached hydrogen (secondary N) is 1. The Morgan fingerprint density at radius 3 is 2.52 bits per heavy atom. The van der Waals surface area contributed by atoms with Crippen LogP contribution < -0.4 is 5.32 Å². The number of amides is 1. The first kappa shape index (κ1) is 15.3. The van der Waals surface area contributed by atoms with Crippen molar-refractivity contribution in [1.29, 1.82) is 0 Å². The SMILES string of the molecule is CC(NC(=O)CN1CC(O)(C(C)C)C1)C1CC2CCC1C2. The summed E-state index contributed by atoms with van der Waals surface area (Å²) in [6.07, 6.45) is 5.47. The molecule has 0 spiro atoms. The molecule has 0 radical (unpaired) electrons. The summed E-state index contributed by atoms with van der Waals surface area (Å²) < 4.78 is 0. The molecule has 1 amide bonds. The minimum absolute atomic E-state index is 0.121. The molecule has 0 aromatic rings. The smallest absolute Gasteiger partial charge is 0.234 e. The number of carbonyl (C=O) groups excluding carboxylic acids is 1. The van der Waals surface area contributed by atoms with Gasteiger partial charge in [-0.15, -0.1) is 0 Å². The monoisotopic (exact) mass is 294 g/mol. The predicted octanol–water partition coefficient (Wildman–Crippen LogP) is 1.63. The lowest BCUT2D eigenvalue weighted by Gasteiger charge is -2.48. The van der Waals surface area contributed by atoms with Crippen molar-refractivity contribution in [2.24, 2.45) is 23.7 Å². The Morgan fingerprint density at radius 2 is 2.00 bits per heavy atom. The van der Waals surface area contributed by atoms with Crippen molar-refractivity contribution >= 4 is 5.91 Å². The molecule has 120 valence electrons. The molecule has 2 N–H and O–H groups in total. The molecule has 4 unspecified atom stereocenters. The number of rotatable bonds is 5. The van der Waals surface area contributed by atoms with E-state index in [0.29, 0.717) is 31.6 Å². The van der Waals surface area contributed by atoms with Crippen LogP contribution in [-0.2, 0) is 4.79 Å². The second kappa shape index (κ2) is 5.54. The highest BCUT2D eigenvalue weighted by molar-refractivity contribution is 5.78. The molecule has 3 fully saturated rings. The Kier molecular flexibility index (Phi) is 4.04. The molecule has 4 nitrogen and oxygen atoms in total. The quantitative estimate of drug-likeness (QED) is 0.810. The van der Waals surface area contributed by atoms with Crippen molar-refractivity contribution in [3.05, 3.63) is 0 Å². The maximum atomic E-state index is 12.2. The van der Waals surface area contributed by atoms with Crippen molar-refractivity contribution in [3.8, 4) is 0 Å². The summed E-state index contributed by atoms with van der Waals surface area (Å²) in [6.45, 7) is 7.93. The molecule has 1 saturated heterocycles. The van der Waals surface area contributed by atoms with E-state index in [4.69, 9.17) is 0 Å². The third kappa shape index (κ3) is 2.98. The molecule has 1 aliphatic heterocycles. The summed E-state index contributed by atoms with van der Waals surface area (Å²) >= 11 is 0. The van der Waals surface area contributed by atoms with Gasteiger partial charge >= 0.3 is 0 Å². The molecule has 0 aromatic heterocycles. The number of hydrogen-bond donors (Lipinski definition) is 2. The van der Waals surface area contributed by atoms with Gasteiger partial charge in [-0.2, -0.15) is 0 Å². The zero-order valence-electron chi connectivity index (χ0n) is 13.6. The molecule has 3 aliphatic rings. The van der Waals surface area contributed by atoms with Gasteiger partial charge in [0.05, 0.1) is 12.1 Å². The van der Waals surface area contributed by atoms with Gasteiger partial charge in [0.25, 0.3) is 0 Å². The molecule has 0 aromatic carbocycles. The fourth-order valence-corrected chi connectivity index (χ4v) is 4.72. The Hall–Kier alpha value is -0.610. The Bertz CT molecular complexity index is 404. The normalized spacial score (nSPS) is 35.8. The van der Waals surface area contributed by atoms with E-state index < -0.39 is 5.60 Å². The molecule has 4 atom stereocenters. The van der Waals surface area contributed by atoms with Gasteiger partial charge in [0, 0.05) is 19.1 Å². The van der Waals surface area contributed by atoms with E-state index in [1.165, 1.54) is 25.7 Å². The summed E-state index contributed by atoms with van der Waals surface area (Å²) in [4.78, 5) is 14.2. The first-order valence-electron chi connectivity index (χ1n) is 8.61. The van der Waals surface area contributed by atoms with Crippen molar-refractivity contribution in [2.45, 2.75) is 58.1 Å². The van der Waals surface area contributed by atoms with Crippen molar-refractivity contribution in [1.82, 2.24) is 10.2 Å². The van der Waals surface area contributed by atoms with Gasteiger partial charge in [0.2, 0.25) is 5.91 Å². The van der Waals surface area contributed by atoms with E-state index in [1.54, 1.807) is 0 Å². The molecule has 4 heteroatoms. The third-order valence-corrected chi connectivity index (χ3v) is 6.26. The van der Waals surface area contributed by atoms with Gasteiger partial charge in [0.1, 0.15) is 0 Å². The molecule has 2 saturated carbocycles.